The highest BCUT2D eigenvalue weighted by Crippen LogP contribution is 2.19. The van der Waals surface area contributed by atoms with Gasteiger partial charge in [0.05, 0.1) is 7.11 Å². The van der Waals surface area contributed by atoms with Crippen LogP contribution < -0.4 is 4.74 Å². The first-order valence-corrected chi connectivity index (χ1v) is 4.06. The molecule has 0 heterocycles. The van der Waals surface area contributed by atoms with E-state index in [1.165, 1.54) is 19.2 Å². The minimum Gasteiger partial charge on any atom is -0.504 e. The molecule has 1 rings (SSSR count). The van der Waals surface area contributed by atoms with Crippen molar-refractivity contribution < 1.29 is 24.9 Å². The molecule has 0 radical (unpaired) electrons. The smallest absolute Gasteiger partial charge is 0.374 e. The van der Waals surface area contributed by atoms with E-state index in [1.807, 2.05) is 0 Å². The third-order valence-electron chi connectivity index (χ3n) is 1.77. The monoisotopic (exact) mass is 210 g/mol. The lowest BCUT2D eigenvalue weighted by molar-refractivity contribution is -0.135. The summed E-state index contributed by atoms with van der Waals surface area (Å²) in [4.78, 5) is 10.4. The topological polar surface area (TPSA) is 87.0 Å². The van der Waals surface area contributed by atoms with Gasteiger partial charge >= 0.3 is 5.97 Å². The lowest BCUT2D eigenvalue weighted by atomic mass is 10.1. The van der Waals surface area contributed by atoms with Crippen molar-refractivity contribution >= 4 is 11.7 Å². The maximum atomic E-state index is 10.4. The Morgan fingerprint density at radius 3 is 2.47 bits per heavy atom. The Labute approximate surface area is 85.9 Å². The lowest BCUT2D eigenvalue weighted by Gasteiger charge is -2.04. The molecule has 0 saturated carbocycles. The van der Waals surface area contributed by atoms with E-state index in [9.17, 15) is 9.90 Å². The second kappa shape index (κ2) is 4.36. The predicted octanol–water partition coefficient (Wildman–Crippen LogP) is 1.56. The molecule has 1 aromatic carbocycles. The van der Waals surface area contributed by atoms with Gasteiger partial charge in [-0.05, 0) is 12.1 Å². The molecular weight excluding hydrogens is 200 g/mol. The van der Waals surface area contributed by atoms with Gasteiger partial charge in [0.2, 0.25) is 5.76 Å². The second-order valence-electron chi connectivity index (χ2n) is 2.73. The van der Waals surface area contributed by atoms with E-state index >= 15 is 0 Å². The largest absolute Gasteiger partial charge is 0.504 e. The number of benzene rings is 1. The molecule has 0 aliphatic heterocycles. The van der Waals surface area contributed by atoms with E-state index < -0.39 is 17.5 Å². The van der Waals surface area contributed by atoms with E-state index in [1.54, 1.807) is 12.1 Å². The van der Waals surface area contributed by atoms with Gasteiger partial charge in [-0.2, -0.15) is 0 Å². The minimum absolute atomic E-state index is 0.175. The van der Waals surface area contributed by atoms with Gasteiger partial charge in [0.25, 0.3) is 0 Å². The van der Waals surface area contributed by atoms with Crippen molar-refractivity contribution in [2.24, 2.45) is 0 Å². The summed E-state index contributed by atoms with van der Waals surface area (Å²) in [6, 6.07) is 6.07. The number of ether oxygens (including phenoxy) is 1. The Balaban J connectivity index is 3.16. The van der Waals surface area contributed by atoms with Gasteiger partial charge in [0, 0.05) is 5.56 Å². The van der Waals surface area contributed by atoms with E-state index in [0.717, 1.165) is 0 Å². The number of carbonyl (C=O) groups is 1. The summed E-state index contributed by atoms with van der Waals surface area (Å²) in [7, 11) is 1.44. The van der Waals surface area contributed by atoms with Crippen LogP contribution in [0.1, 0.15) is 5.56 Å². The van der Waals surface area contributed by atoms with Crippen LogP contribution in [0.3, 0.4) is 0 Å². The van der Waals surface area contributed by atoms with Crippen LogP contribution in [0.15, 0.2) is 30.0 Å². The standard InChI is InChI=1S/C10H10O5/c1-15-7-4-2-3-6(5-7)8(11)9(12)10(13)14/h2-5,11-12H,1H3,(H,13,14). The third kappa shape index (κ3) is 2.40. The van der Waals surface area contributed by atoms with E-state index in [-0.39, 0.29) is 5.56 Å². The Kier molecular flexibility index (Phi) is 3.17. The fraction of sp³-hybridized carbons (Fsp3) is 0.100. The minimum atomic E-state index is -1.59. The van der Waals surface area contributed by atoms with Crippen molar-refractivity contribution in [2.75, 3.05) is 7.11 Å². The first-order chi connectivity index (χ1) is 7.06. The molecule has 0 unspecified atom stereocenters. The van der Waals surface area contributed by atoms with Crippen molar-refractivity contribution in [2.45, 2.75) is 0 Å². The average molecular weight is 210 g/mol. The maximum absolute atomic E-state index is 10.4. The van der Waals surface area contributed by atoms with Crippen LogP contribution >= 0.6 is 0 Å². The molecule has 80 valence electrons. The van der Waals surface area contributed by atoms with Gasteiger partial charge < -0.3 is 20.1 Å². The van der Waals surface area contributed by atoms with Crippen molar-refractivity contribution in [3.8, 4) is 5.75 Å². The molecule has 3 N–H and O–H groups in total. The number of hydrogen-bond acceptors (Lipinski definition) is 4. The number of aliphatic hydroxyl groups excluding tert-OH is 2. The number of rotatable bonds is 3. The number of carboxylic acid groups (broad SMARTS) is 1. The first kappa shape index (κ1) is 10.9. The van der Waals surface area contributed by atoms with Crippen molar-refractivity contribution in [1.29, 1.82) is 0 Å². The zero-order valence-electron chi connectivity index (χ0n) is 7.97. The fourth-order valence-corrected chi connectivity index (χ4v) is 1.01. The maximum Gasteiger partial charge on any atom is 0.374 e. The van der Waals surface area contributed by atoms with Gasteiger partial charge in [-0.25, -0.2) is 4.79 Å². The number of methoxy groups -OCH3 is 1. The highest BCUT2D eigenvalue weighted by molar-refractivity contribution is 5.91. The molecule has 5 nitrogen and oxygen atoms in total. The van der Waals surface area contributed by atoms with E-state index in [0.29, 0.717) is 5.75 Å². The molecule has 0 atom stereocenters. The Morgan fingerprint density at radius 1 is 1.27 bits per heavy atom. The van der Waals surface area contributed by atoms with Gasteiger partial charge in [-0.15, -0.1) is 0 Å². The van der Waals surface area contributed by atoms with Crippen LogP contribution in [0.5, 0.6) is 5.75 Å². The summed E-state index contributed by atoms with van der Waals surface area (Å²) in [5.74, 6) is -2.92. The van der Waals surface area contributed by atoms with Crippen LogP contribution in [0, 0.1) is 0 Å². The zero-order valence-corrected chi connectivity index (χ0v) is 7.97. The highest BCUT2D eigenvalue weighted by Gasteiger charge is 2.13. The number of aliphatic hydroxyl groups is 2. The zero-order chi connectivity index (χ0) is 11.4. The van der Waals surface area contributed by atoms with Gasteiger partial charge in [-0.1, -0.05) is 12.1 Å². The SMILES string of the molecule is COc1cccc(C(O)=C(O)C(=O)O)c1. The molecule has 0 aromatic heterocycles. The van der Waals surface area contributed by atoms with Crippen LogP contribution in [0.25, 0.3) is 5.76 Å². The second-order valence-corrected chi connectivity index (χ2v) is 2.73. The number of hydrogen-bond donors (Lipinski definition) is 3. The summed E-state index contributed by atoms with van der Waals surface area (Å²) in [6.45, 7) is 0. The molecule has 0 spiro atoms. The van der Waals surface area contributed by atoms with Crippen LogP contribution in [0.2, 0.25) is 0 Å². The summed E-state index contributed by atoms with van der Waals surface area (Å²) in [5, 5.41) is 26.8. The van der Waals surface area contributed by atoms with Gasteiger partial charge in [0.15, 0.2) is 5.76 Å². The van der Waals surface area contributed by atoms with E-state index in [4.69, 9.17) is 14.9 Å². The van der Waals surface area contributed by atoms with Crippen molar-refractivity contribution in [3.05, 3.63) is 35.6 Å². The molecule has 0 aliphatic rings. The molecule has 0 amide bonds. The summed E-state index contributed by atoms with van der Waals surface area (Å²) in [6.07, 6.45) is 0. The summed E-state index contributed by atoms with van der Waals surface area (Å²) >= 11 is 0. The molecule has 0 saturated heterocycles. The quantitative estimate of drug-likeness (QED) is 0.520. The Bertz CT molecular complexity index is 408. The number of aliphatic carboxylic acids is 1. The van der Waals surface area contributed by atoms with Gasteiger partial charge in [-0.3, -0.25) is 0 Å². The molecule has 5 heteroatoms. The highest BCUT2D eigenvalue weighted by atomic mass is 16.5. The molecule has 1 aromatic rings. The molecular formula is C10H10O5. The molecule has 15 heavy (non-hydrogen) atoms. The van der Waals surface area contributed by atoms with Crippen molar-refractivity contribution in [1.82, 2.24) is 0 Å². The lowest BCUT2D eigenvalue weighted by Crippen LogP contribution is -2.03. The first-order valence-electron chi connectivity index (χ1n) is 4.06. The number of carboxylic acids is 1. The summed E-state index contributed by atoms with van der Waals surface area (Å²) in [5.41, 5.74) is 0.175. The third-order valence-corrected chi connectivity index (χ3v) is 1.77. The average Bonchev–Trinajstić information content (AvgIpc) is 2.27. The van der Waals surface area contributed by atoms with Gasteiger partial charge in [0.1, 0.15) is 5.75 Å². The fourth-order valence-electron chi connectivity index (χ4n) is 1.01. The van der Waals surface area contributed by atoms with E-state index in [2.05, 4.69) is 0 Å². The molecule has 0 aliphatic carbocycles. The summed E-state index contributed by atoms with van der Waals surface area (Å²) < 4.78 is 4.88. The van der Waals surface area contributed by atoms with Crippen LogP contribution in [-0.2, 0) is 4.79 Å². The normalized spacial score (nSPS) is 11.8. The van der Waals surface area contributed by atoms with Crippen molar-refractivity contribution in [3.63, 3.8) is 0 Å². The Morgan fingerprint density at radius 2 is 1.93 bits per heavy atom. The predicted molar refractivity (Wildman–Crippen MR) is 52.8 cm³/mol. The molecule has 0 fully saturated rings. The Hall–Kier alpha value is -2.17. The van der Waals surface area contributed by atoms with Crippen LogP contribution in [-0.4, -0.2) is 28.4 Å². The van der Waals surface area contributed by atoms with Crippen LogP contribution in [0.4, 0.5) is 0 Å². The molecule has 0 bridgehead atoms.